The van der Waals surface area contributed by atoms with Crippen LogP contribution in [0.1, 0.15) is 23.9 Å². The summed E-state index contributed by atoms with van der Waals surface area (Å²) in [4.78, 5) is 12.7. The number of hydrogen-bond acceptors (Lipinski definition) is 4. The van der Waals surface area contributed by atoms with Gasteiger partial charge in [-0.15, -0.1) is 10.2 Å². The van der Waals surface area contributed by atoms with Gasteiger partial charge in [0.1, 0.15) is 0 Å². The average Bonchev–Trinajstić information content (AvgIpc) is 3.04. The molecule has 26 heavy (non-hydrogen) atoms. The smallest absolute Gasteiger partial charge is 0.262 e. The van der Waals surface area contributed by atoms with Gasteiger partial charge in [0.25, 0.3) is 5.56 Å². The predicted molar refractivity (Wildman–Crippen MR) is 104 cm³/mol. The summed E-state index contributed by atoms with van der Waals surface area (Å²) < 4.78 is 3.63. The van der Waals surface area contributed by atoms with Crippen LogP contribution >= 0.6 is 0 Å². The Kier molecular flexibility index (Phi) is 3.95. The van der Waals surface area contributed by atoms with Crippen molar-refractivity contribution in [3.8, 4) is 0 Å². The van der Waals surface area contributed by atoms with E-state index in [9.17, 15) is 4.79 Å². The van der Waals surface area contributed by atoms with Crippen LogP contribution < -0.4 is 10.9 Å². The fourth-order valence-electron chi connectivity index (χ4n) is 3.47. The van der Waals surface area contributed by atoms with E-state index in [1.54, 1.807) is 4.57 Å². The maximum absolute atomic E-state index is 12.7. The second-order valence-corrected chi connectivity index (χ2v) is 6.55. The van der Waals surface area contributed by atoms with Crippen LogP contribution in [0.25, 0.3) is 16.7 Å². The van der Waals surface area contributed by atoms with Gasteiger partial charge in [0.15, 0.2) is 5.82 Å². The molecule has 0 bridgehead atoms. The number of hydrogen-bond donors (Lipinski definition) is 1. The van der Waals surface area contributed by atoms with Crippen molar-refractivity contribution >= 4 is 22.4 Å². The van der Waals surface area contributed by atoms with E-state index in [1.165, 1.54) is 11.1 Å². The van der Waals surface area contributed by atoms with E-state index in [0.29, 0.717) is 24.3 Å². The zero-order valence-electron chi connectivity index (χ0n) is 15.2. The minimum Gasteiger partial charge on any atom is -0.378 e. The number of para-hydroxylation sites is 1. The van der Waals surface area contributed by atoms with Crippen molar-refractivity contribution in [1.29, 1.82) is 0 Å². The molecule has 2 aromatic heterocycles. The van der Waals surface area contributed by atoms with Crippen LogP contribution in [0.2, 0.25) is 0 Å². The van der Waals surface area contributed by atoms with Crippen LogP contribution in [0.15, 0.2) is 47.3 Å². The van der Waals surface area contributed by atoms with Gasteiger partial charge in [-0.05, 0) is 56.2 Å². The first-order valence-electron chi connectivity index (χ1n) is 8.76. The third kappa shape index (κ3) is 2.63. The maximum atomic E-state index is 12.7. The molecule has 0 amide bonds. The summed E-state index contributed by atoms with van der Waals surface area (Å²) in [5.74, 6) is 1.35. The van der Waals surface area contributed by atoms with Crippen LogP contribution in [0.3, 0.4) is 0 Å². The normalized spacial score (nSPS) is 11.3. The minimum absolute atomic E-state index is 0.0307. The van der Waals surface area contributed by atoms with Gasteiger partial charge in [-0.2, -0.15) is 0 Å². The van der Waals surface area contributed by atoms with E-state index in [4.69, 9.17) is 0 Å². The van der Waals surface area contributed by atoms with Crippen molar-refractivity contribution in [1.82, 2.24) is 19.2 Å². The minimum atomic E-state index is -0.0307. The van der Waals surface area contributed by atoms with E-state index >= 15 is 0 Å². The third-order valence-electron chi connectivity index (χ3n) is 4.56. The highest BCUT2D eigenvalue weighted by Gasteiger charge is 2.15. The molecule has 4 aromatic rings. The number of anilines is 1. The van der Waals surface area contributed by atoms with Gasteiger partial charge in [-0.1, -0.05) is 18.2 Å². The highest BCUT2D eigenvalue weighted by Crippen LogP contribution is 2.17. The lowest BCUT2D eigenvalue weighted by molar-refractivity contribution is 0.734. The predicted octanol–water partition coefficient (Wildman–Crippen LogP) is 3.29. The van der Waals surface area contributed by atoms with Crippen LogP contribution in [-0.2, 0) is 13.1 Å². The Morgan fingerprint density at radius 1 is 1.04 bits per heavy atom. The van der Waals surface area contributed by atoms with E-state index in [-0.39, 0.29) is 5.56 Å². The average molecular weight is 347 g/mol. The number of aryl methyl sites for hydroxylation is 3. The molecule has 4 rings (SSSR count). The monoisotopic (exact) mass is 347 g/mol. The molecule has 0 unspecified atom stereocenters. The zero-order chi connectivity index (χ0) is 18.3. The summed E-state index contributed by atoms with van der Waals surface area (Å²) in [6.45, 7) is 7.18. The first-order chi connectivity index (χ1) is 12.6. The van der Waals surface area contributed by atoms with E-state index in [1.807, 2.05) is 35.6 Å². The summed E-state index contributed by atoms with van der Waals surface area (Å²) in [6, 6.07) is 14.0. The Hall–Kier alpha value is -3.15. The zero-order valence-corrected chi connectivity index (χ0v) is 15.2. The van der Waals surface area contributed by atoms with Crippen molar-refractivity contribution in [2.75, 3.05) is 5.32 Å². The molecule has 2 aromatic carbocycles. The molecule has 6 nitrogen and oxygen atoms in total. The third-order valence-corrected chi connectivity index (χ3v) is 4.56. The van der Waals surface area contributed by atoms with Crippen molar-refractivity contribution < 1.29 is 0 Å². The lowest BCUT2D eigenvalue weighted by atomic mass is 10.1. The highest BCUT2D eigenvalue weighted by molar-refractivity contribution is 5.80. The number of fused-ring (bicyclic) bond motifs is 3. The molecule has 0 radical (unpaired) electrons. The van der Waals surface area contributed by atoms with Gasteiger partial charge < -0.3 is 5.32 Å². The lowest BCUT2D eigenvalue weighted by Crippen LogP contribution is -2.22. The molecule has 0 saturated carbocycles. The molecule has 0 fully saturated rings. The number of rotatable bonds is 4. The van der Waals surface area contributed by atoms with E-state index in [0.717, 1.165) is 17.0 Å². The Bertz CT molecular complexity index is 1150. The molecule has 0 aliphatic rings. The van der Waals surface area contributed by atoms with Gasteiger partial charge in [0, 0.05) is 12.2 Å². The Balaban J connectivity index is 1.83. The summed E-state index contributed by atoms with van der Waals surface area (Å²) in [5.41, 5.74) is 4.27. The van der Waals surface area contributed by atoms with Crippen molar-refractivity contribution in [2.24, 2.45) is 0 Å². The van der Waals surface area contributed by atoms with E-state index < -0.39 is 0 Å². The number of nitrogens with one attached hydrogen (secondary N) is 1. The van der Waals surface area contributed by atoms with Gasteiger partial charge in [-0.25, -0.2) is 0 Å². The molecule has 0 aliphatic heterocycles. The first-order valence-corrected chi connectivity index (χ1v) is 8.76. The largest absolute Gasteiger partial charge is 0.378 e. The topological polar surface area (TPSA) is 64.2 Å². The van der Waals surface area contributed by atoms with Crippen molar-refractivity contribution in [3.05, 3.63) is 69.8 Å². The fourth-order valence-corrected chi connectivity index (χ4v) is 3.47. The Morgan fingerprint density at radius 2 is 1.77 bits per heavy atom. The molecular formula is C20H21N5O. The number of aromatic nitrogens is 4. The standard InChI is InChI=1S/C20H21N5O/c1-4-24-19(26)16-7-5-6-8-17(16)25-18(22-23-20(24)25)12-21-15-10-13(2)9-14(3)11-15/h5-11,21H,4,12H2,1-3H3. The van der Waals surface area contributed by atoms with Gasteiger partial charge >= 0.3 is 0 Å². The molecular weight excluding hydrogens is 326 g/mol. The van der Waals surface area contributed by atoms with Crippen LogP contribution in [0.5, 0.6) is 0 Å². The summed E-state index contributed by atoms with van der Waals surface area (Å²) >= 11 is 0. The first kappa shape index (κ1) is 16.3. The SMILES string of the molecule is CCn1c(=O)c2ccccc2n2c(CNc3cc(C)cc(C)c3)nnc12. The van der Waals surface area contributed by atoms with Crippen LogP contribution in [0.4, 0.5) is 5.69 Å². The second kappa shape index (κ2) is 6.29. The van der Waals surface area contributed by atoms with Crippen molar-refractivity contribution in [3.63, 3.8) is 0 Å². The second-order valence-electron chi connectivity index (χ2n) is 6.55. The molecule has 2 heterocycles. The Morgan fingerprint density at radius 3 is 2.50 bits per heavy atom. The number of benzene rings is 2. The maximum Gasteiger partial charge on any atom is 0.262 e. The van der Waals surface area contributed by atoms with Crippen molar-refractivity contribution in [2.45, 2.75) is 33.9 Å². The molecule has 6 heteroatoms. The van der Waals surface area contributed by atoms with Crippen LogP contribution in [-0.4, -0.2) is 19.2 Å². The molecule has 0 spiro atoms. The molecule has 0 saturated heterocycles. The van der Waals surface area contributed by atoms with Gasteiger partial charge in [-0.3, -0.25) is 13.8 Å². The van der Waals surface area contributed by atoms with E-state index in [2.05, 4.69) is 47.6 Å². The molecule has 1 N–H and O–H groups in total. The molecule has 0 atom stereocenters. The number of nitrogens with zero attached hydrogens (tertiary/aromatic N) is 4. The summed E-state index contributed by atoms with van der Waals surface area (Å²) in [6.07, 6.45) is 0. The highest BCUT2D eigenvalue weighted by atomic mass is 16.1. The molecule has 132 valence electrons. The van der Waals surface area contributed by atoms with Crippen LogP contribution in [0, 0.1) is 13.8 Å². The lowest BCUT2D eigenvalue weighted by Gasteiger charge is -2.11. The summed E-state index contributed by atoms with van der Waals surface area (Å²) in [7, 11) is 0. The fraction of sp³-hybridized carbons (Fsp3) is 0.250. The van der Waals surface area contributed by atoms with Gasteiger partial charge in [0.2, 0.25) is 5.78 Å². The Labute approximate surface area is 151 Å². The summed E-state index contributed by atoms with van der Waals surface area (Å²) in [5, 5.41) is 12.7. The quantitative estimate of drug-likeness (QED) is 0.615. The molecule has 0 aliphatic carbocycles. The van der Waals surface area contributed by atoms with Gasteiger partial charge in [0.05, 0.1) is 17.4 Å².